The zero-order chi connectivity index (χ0) is 11.0. The molecule has 2 N–H and O–H groups in total. The van der Waals surface area contributed by atoms with Gasteiger partial charge in [-0.15, -0.1) is 0 Å². The zero-order valence-electron chi connectivity index (χ0n) is 9.29. The largest absolute Gasteiger partial charge is 0.315 e. The Morgan fingerprint density at radius 1 is 1.44 bits per heavy atom. The van der Waals surface area contributed by atoms with E-state index in [1.54, 1.807) is 0 Å². The maximum absolute atomic E-state index is 12.2. The van der Waals surface area contributed by atoms with Gasteiger partial charge in [-0.1, -0.05) is 0 Å². The molecule has 16 heavy (non-hydrogen) atoms. The SMILES string of the molecule is O=c1c2c([nH]n1C1CCCNC1)CSCC2. The van der Waals surface area contributed by atoms with Crippen molar-refractivity contribution < 1.29 is 0 Å². The minimum Gasteiger partial charge on any atom is -0.315 e. The topological polar surface area (TPSA) is 49.8 Å². The molecule has 1 fully saturated rings. The molecule has 0 bridgehead atoms. The van der Waals surface area contributed by atoms with Crippen LogP contribution in [0.25, 0.3) is 0 Å². The first-order valence-electron chi connectivity index (χ1n) is 5.97. The van der Waals surface area contributed by atoms with Crippen molar-refractivity contribution in [2.24, 2.45) is 0 Å². The van der Waals surface area contributed by atoms with E-state index in [0.717, 1.165) is 55.1 Å². The number of aromatic amines is 1. The average molecular weight is 239 g/mol. The minimum atomic E-state index is 0.226. The Morgan fingerprint density at radius 3 is 3.12 bits per heavy atom. The molecule has 0 amide bonds. The summed E-state index contributed by atoms with van der Waals surface area (Å²) in [7, 11) is 0. The molecule has 1 saturated heterocycles. The van der Waals surface area contributed by atoms with E-state index >= 15 is 0 Å². The summed E-state index contributed by atoms with van der Waals surface area (Å²) in [4.78, 5) is 12.2. The third kappa shape index (κ3) is 1.72. The first-order valence-corrected chi connectivity index (χ1v) is 7.12. The Morgan fingerprint density at radius 2 is 2.38 bits per heavy atom. The number of H-pyrrole nitrogens is 1. The fourth-order valence-electron chi connectivity index (χ4n) is 2.57. The van der Waals surface area contributed by atoms with Gasteiger partial charge >= 0.3 is 0 Å². The number of hydrogen-bond acceptors (Lipinski definition) is 3. The fourth-order valence-corrected chi connectivity index (χ4v) is 3.51. The Kier molecular flexibility index (Phi) is 2.81. The van der Waals surface area contributed by atoms with Gasteiger partial charge in [0.2, 0.25) is 0 Å². The van der Waals surface area contributed by atoms with E-state index in [9.17, 15) is 4.79 Å². The molecule has 1 atom stereocenters. The fraction of sp³-hybridized carbons (Fsp3) is 0.727. The molecule has 0 spiro atoms. The van der Waals surface area contributed by atoms with Crippen LogP contribution in [-0.4, -0.2) is 28.6 Å². The Balaban J connectivity index is 1.94. The predicted molar refractivity (Wildman–Crippen MR) is 66.1 cm³/mol. The van der Waals surface area contributed by atoms with Crippen molar-refractivity contribution >= 4 is 11.8 Å². The first kappa shape index (κ1) is 10.5. The lowest BCUT2D eigenvalue weighted by Crippen LogP contribution is -2.36. The van der Waals surface area contributed by atoms with Gasteiger partial charge in [0.05, 0.1) is 11.7 Å². The van der Waals surface area contributed by atoms with Gasteiger partial charge < -0.3 is 5.32 Å². The summed E-state index contributed by atoms with van der Waals surface area (Å²) < 4.78 is 1.86. The first-order chi connectivity index (χ1) is 7.86. The standard InChI is InChI=1S/C11H17N3OS/c15-11-9-3-5-16-7-10(9)13-14(11)8-2-1-4-12-6-8/h8,12-13H,1-7H2. The van der Waals surface area contributed by atoms with Crippen molar-refractivity contribution in [2.45, 2.75) is 31.1 Å². The maximum atomic E-state index is 12.2. The molecule has 0 radical (unpaired) electrons. The lowest BCUT2D eigenvalue weighted by atomic mass is 10.1. The predicted octanol–water partition coefficient (Wildman–Crippen LogP) is 0.890. The molecule has 2 aliphatic heterocycles. The van der Waals surface area contributed by atoms with Crippen LogP contribution in [0.3, 0.4) is 0 Å². The summed E-state index contributed by atoms with van der Waals surface area (Å²) in [5, 5.41) is 6.67. The summed E-state index contributed by atoms with van der Waals surface area (Å²) in [6.45, 7) is 2.01. The quantitative estimate of drug-likeness (QED) is 0.765. The lowest BCUT2D eigenvalue weighted by molar-refractivity contribution is 0.339. The minimum absolute atomic E-state index is 0.226. The van der Waals surface area contributed by atoms with Gasteiger partial charge in [-0.25, -0.2) is 4.68 Å². The molecule has 88 valence electrons. The van der Waals surface area contributed by atoms with Crippen molar-refractivity contribution in [3.05, 3.63) is 21.6 Å². The molecule has 1 unspecified atom stereocenters. The summed E-state index contributed by atoms with van der Waals surface area (Å²) in [6, 6.07) is 0.330. The summed E-state index contributed by atoms with van der Waals surface area (Å²) in [6.07, 6.45) is 3.21. The molecule has 1 aromatic heterocycles. The highest BCUT2D eigenvalue weighted by Gasteiger charge is 2.23. The number of fused-ring (bicyclic) bond motifs is 1. The Hall–Kier alpha value is -0.680. The zero-order valence-corrected chi connectivity index (χ0v) is 10.1. The third-order valence-electron chi connectivity index (χ3n) is 3.48. The van der Waals surface area contributed by atoms with Crippen LogP contribution in [0.4, 0.5) is 0 Å². The molecular weight excluding hydrogens is 222 g/mol. The highest BCUT2D eigenvalue weighted by Crippen LogP contribution is 2.22. The van der Waals surface area contributed by atoms with Crippen LogP contribution >= 0.6 is 11.8 Å². The van der Waals surface area contributed by atoms with Gasteiger partial charge in [0, 0.05) is 17.9 Å². The monoisotopic (exact) mass is 239 g/mol. The van der Waals surface area contributed by atoms with Gasteiger partial charge in [0.1, 0.15) is 0 Å². The van der Waals surface area contributed by atoms with Gasteiger partial charge in [-0.05, 0) is 31.6 Å². The van der Waals surface area contributed by atoms with Gasteiger partial charge in [0.25, 0.3) is 5.56 Å². The van der Waals surface area contributed by atoms with Crippen molar-refractivity contribution in [1.82, 2.24) is 15.1 Å². The van der Waals surface area contributed by atoms with Crippen molar-refractivity contribution in [3.8, 4) is 0 Å². The average Bonchev–Trinajstić information content (AvgIpc) is 2.69. The van der Waals surface area contributed by atoms with Crippen molar-refractivity contribution in [2.75, 3.05) is 18.8 Å². The van der Waals surface area contributed by atoms with Crippen molar-refractivity contribution in [1.29, 1.82) is 0 Å². The van der Waals surface area contributed by atoms with E-state index in [1.165, 1.54) is 0 Å². The van der Waals surface area contributed by atoms with E-state index in [0.29, 0.717) is 6.04 Å². The van der Waals surface area contributed by atoms with Crippen LogP contribution in [0, 0.1) is 0 Å². The number of piperidine rings is 1. The summed E-state index contributed by atoms with van der Waals surface area (Å²) >= 11 is 1.91. The van der Waals surface area contributed by atoms with E-state index in [2.05, 4.69) is 10.4 Å². The summed E-state index contributed by atoms with van der Waals surface area (Å²) in [5.41, 5.74) is 2.42. The third-order valence-corrected chi connectivity index (χ3v) is 4.46. The normalized spacial score (nSPS) is 25.4. The molecule has 3 rings (SSSR count). The number of nitrogens with zero attached hydrogens (tertiary/aromatic N) is 1. The Labute approximate surface area is 98.8 Å². The summed E-state index contributed by atoms with van der Waals surface area (Å²) in [5.74, 6) is 2.06. The smallest absolute Gasteiger partial charge is 0.270 e. The van der Waals surface area contributed by atoms with Crippen LogP contribution < -0.4 is 10.9 Å². The molecule has 5 heteroatoms. The molecule has 2 aliphatic rings. The van der Waals surface area contributed by atoms with Crippen LogP contribution in [-0.2, 0) is 12.2 Å². The number of aromatic nitrogens is 2. The van der Waals surface area contributed by atoms with Crippen LogP contribution in [0.5, 0.6) is 0 Å². The second kappa shape index (κ2) is 4.30. The second-order valence-electron chi connectivity index (χ2n) is 4.55. The molecule has 4 nitrogen and oxygen atoms in total. The van der Waals surface area contributed by atoms with Crippen LogP contribution in [0.1, 0.15) is 30.1 Å². The number of nitrogens with one attached hydrogen (secondary N) is 2. The molecule has 0 saturated carbocycles. The number of hydrogen-bond donors (Lipinski definition) is 2. The van der Waals surface area contributed by atoms with Gasteiger partial charge in [-0.2, -0.15) is 11.8 Å². The van der Waals surface area contributed by atoms with Gasteiger partial charge in [0.15, 0.2) is 0 Å². The lowest BCUT2D eigenvalue weighted by Gasteiger charge is -2.23. The highest BCUT2D eigenvalue weighted by molar-refractivity contribution is 7.98. The van der Waals surface area contributed by atoms with Crippen molar-refractivity contribution in [3.63, 3.8) is 0 Å². The van der Waals surface area contributed by atoms with E-state index in [4.69, 9.17) is 0 Å². The number of thioether (sulfide) groups is 1. The van der Waals surface area contributed by atoms with E-state index in [-0.39, 0.29) is 5.56 Å². The molecular formula is C11H17N3OS. The number of rotatable bonds is 1. The van der Waals surface area contributed by atoms with Gasteiger partial charge in [-0.3, -0.25) is 9.89 Å². The van der Waals surface area contributed by atoms with Crippen LogP contribution in [0.15, 0.2) is 4.79 Å². The second-order valence-corrected chi connectivity index (χ2v) is 5.65. The molecule has 3 heterocycles. The Bertz CT molecular complexity index is 431. The van der Waals surface area contributed by atoms with E-state index < -0.39 is 0 Å². The van der Waals surface area contributed by atoms with E-state index in [1.807, 2.05) is 16.4 Å². The molecule has 0 aromatic carbocycles. The molecule has 1 aromatic rings. The molecule has 0 aliphatic carbocycles. The maximum Gasteiger partial charge on any atom is 0.270 e. The van der Waals surface area contributed by atoms with Crippen LogP contribution in [0.2, 0.25) is 0 Å². The highest BCUT2D eigenvalue weighted by atomic mass is 32.2.